The third-order valence-electron chi connectivity index (χ3n) is 3.40. The van der Waals surface area contributed by atoms with Gasteiger partial charge in [0, 0.05) is 4.43 Å². The van der Waals surface area contributed by atoms with Crippen molar-refractivity contribution in [1.82, 2.24) is 0 Å². The van der Waals surface area contributed by atoms with Crippen LogP contribution < -0.4 is 0 Å². The molecule has 1 aliphatic rings. The lowest BCUT2D eigenvalue weighted by Crippen LogP contribution is -2.15. The van der Waals surface area contributed by atoms with Crippen molar-refractivity contribution in [2.75, 3.05) is 4.43 Å². The molecule has 1 rings (SSSR count). The molecular weight excluding hydrogens is 271 g/mol. The molecule has 0 saturated heterocycles. The van der Waals surface area contributed by atoms with E-state index in [-0.39, 0.29) is 0 Å². The summed E-state index contributed by atoms with van der Waals surface area (Å²) in [6, 6.07) is 0. The molecule has 78 valence electrons. The number of rotatable bonds is 5. The van der Waals surface area contributed by atoms with Gasteiger partial charge in [0.2, 0.25) is 0 Å². The SMILES string of the molecule is CCCCC[C@H]1CC[C@H](CI)CC1. The van der Waals surface area contributed by atoms with Crippen molar-refractivity contribution in [3.63, 3.8) is 0 Å². The van der Waals surface area contributed by atoms with Gasteiger partial charge in [-0.3, -0.25) is 0 Å². The van der Waals surface area contributed by atoms with Gasteiger partial charge in [0.15, 0.2) is 0 Å². The number of hydrogen-bond acceptors (Lipinski definition) is 0. The first-order valence-electron chi connectivity index (χ1n) is 5.92. The molecule has 0 atom stereocenters. The van der Waals surface area contributed by atoms with Gasteiger partial charge >= 0.3 is 0 Å². The van der Waals surface area contributed by atoms with Crippen molar-refractivity contribution < 1.29 is 0 Å². The molecule has 13 heavy (non-hydrogen) atoms. The fraction of sp³-hybridized carbons (Fsp3) is 1.00. The minimum atomic E-state index is 1.06. The smallest absolute Gasteiger partial charge is 0.00237 e. The van der Waals surface area contributed by atoms with E-state index in [1.807, 2.05) is 0 Å². The van der Waals surface area contributed by atoms with Crippen LogP contribution in [0, 0.1) is 11.8 Å². The van der Waals surface area contributed by atoms with Crippen LogP contribution >= 0.6 is 22.6 Å². The molecule has 0 unspecified atom stereocenters. The summed E-state index contributed by atoms with van der Waals surface area (Å²) in [5.74, 6) is 2.15. The van der Waals surface area contributed by atoms with Crippen molar-refractivity contribution in [3.8, 4) is 0 Å². The largest absolute Gasteiger partial charge is 0.0861 e. The Bertz CT molecular complexity index is 112. The molecule has 1 fully saturated rings. The lowest BCUT2D eigenvalue weighted by Gasteiger charge is -2.27. The van der Waals surface area contributed by atoms with E-state index in [0.29, 0.717) is 0 Å². The quantitative estimate of drug-likeness (QED) is 0.388. The average Bonchev–Trinajstić information content (AvgIpc) is 2.19. The topological polar surface area (TPSA) is 0 Å². The first-order chi connectivity index (χ1) is 6.36. The summed E-state index contributed by atoms with van der Waals surface area (Å²) >= 11 is 2.55. The maximum Gasteiger partial charge on any atom is 0.00237 e. The Labute approximate surface area is 97.0 Å². The maximum atomic E-state index is 2.55. The zero-order valence-corrected chi connectivity index (χ0v) is 11.1. The van der Waals surface area contributed by atoms with Crippen LogP contribution in [-0.2, 0) is 0 Å². The molecule has 0 spiro atoms. The lowest BCUT2D eigenvalue weighted by molar-refractivity contribution is 0.277. The van der Waals surface area contributed by atoms with Gasteiger partial charge in [0.05, 0.1) is 0 Å². The van der Waals surface area contributed by atoms with Gasteiger partial charge in [0.25, 0.3) is 0 Å². The van der Waals surface area contributed by atoms with Crippen molar-refractivity contribution >= 4 is 22.6 Å². The van der Waals surface area contributed by atoms with E-state index < -0.39 is 0 Å². The van der Waals surface area contributed by atoms with Crippen molar-refractivity contribution in [2.24, 2.45) is 11.8 Å². The second-order valence-corrected chi connectivity index (χ2v) is 5.42. The molecule has 0 nitrogen and oxygen atoms in total. The van der Waals surface area contributed by atoms with Gasteiger partial charge < -0.3 is 0 Å². The van der Waals surface area contributed by atoms with Crippen molar-refractivity contribution in [2.45, 2.75) is 58.3 Å². The van der Waals surface area contributed by atoms with E-state index in [1.165, 1.54) is 55.8 Å². The average molecular weight is 294 g/mol. The molecule has 0 bridgehead atoms. The van der Waals surface area contributed by atoms with Crippen molar-refractivity contribution in [3.05, 3.63) is 0 Å². The predicted octanol–water partition coefficient (Wildman–Crippen LogP) is 4.81. The zero-order chi connectivity index (χ0) is 9.52. The molecule has 0 N–H and O–H groups in total. The highest BCUT2D eigenvalue weighted by molar-refractivity contribution is 14.1. The Hall–Kier alpha value is 0.730. The molecule has 1 aliphatic carbocycles. The van der Waals surface area contributed by atoms with Gasteiger partial charge in [-0.05, 0) is 24.7 Å². The fourth-order valence-corrected chi connectivity index (χ4v) is 3.24. The van der Waals surface area contributed by atoms with Crippen LogP contribution in [0.2, 0.25) is 0 Å². The zero-order valence-electron chi connectivity index (χ0n) is 8.90. The Morgan fingerprint density at radius 2 is 1.62 bits per heavy atom. The summed E-state index contributed by atoms with van der Waals surface area (Å²) in [5.41, 5.74) is 0. The van der Waals surface area contributed by atoms with E-state index in [4.69, 9.17) is 0 Å². The van der Waals surface area contributed by atoms with Crippen LogP contribution in [0.25, 0.3) is 0 Å². The monoisotopic (exact) mass is 294 g/mol. The predicted molar refractivity (Wildman–Crippen MR) is 68.5 cm³/mol. The summed E-state index contributed by atoms with van der Waals surface area (Å²) in [6.07, 6.45) is 11.9. The molecular formula is C12H23I. The first kappa shape index (κ1) is 11.8. The minimum Gasteiger partial charge on any atom is -0.0861 e. The van der Waals surface area contributed by atoms with Crippen molar-refractivity contribution in [1.29, 1.82) is 0 Å². The van der Waals surface area contributed by atoms with Crippen LogP contribution in [0.5, 0.6) is 0 Å². The molecule has 0 aliphatic heterocycles. The van der Waals surface area contributed by atoms with Gasteiger partial charge in [0.1, 0.15) is 0 Å². The molecule has 0 amide bonds. The molecule has 0 radical (unpaired) electrons. The highest BCUT2D eigenvalue weighted by Crippen LogP contribution is 2.32. The number of halogens is 1. The van der Waals surface area contributed by atoms with E-state index in [0.717, 1.165) is 11.8 Å². The number of unbranched alkanes of at least 4 members (excludes halogenated alkanes) is 2. The standard InChI is InChI=1S/C12H23I/c1-2-3-4-5-11-6-8-12(10-13)9-7-11/h11-12H,2-10H2,1H3/t11-,12-. The summed E-state index contributed by atoms with van der Waals surface area (Å²) in [4.78, 5) is 0. The van der Waals surface area contributed by atoms with Gasteiger partial charge in [-0.25, -0.2) is 0 Å². The third-order valence-corrected chi connectivity index (χ3v) is 4.65. The third kappa shape index (κ3) is 4.66. The normalized spacial score (nSPS) is 29.1. The Morgan fingerprint density at radius 3 is 2.15 bits per heavy atom. The fourth-order valence-electron chi connectivity index (χ4n) is 2.36. The highest BCUT2D eigenvalue weighted by Gasteiger charge is 2.19. The Balaban J connectivity index is 2.03. The molecule has 0 aromatic heterocycles. The van der Waals surface area contributed by atoms with Gasteiger partial charge in [-0.2, -0.15) is 0 Å². The summed E-state index contributed by atoms with van der Waals surface area (Å²) in [6.45, 7) is 2.30. The molecule has 1 heteroatoms. The molecule has 0 aromatic rings. The second kappa shape index (κ2) is 7.08. The maximum absolute atomic E-state index is 2.55. The Morgan fingerprint density at radius 1 is 1.00 bits per heavy atom. The first-order valence-corrected chi connectivity index (χ1v) is 7.45. The lowest BCUT2D eigenvalue weighted by atomic mass is 9.80. The Kier molecular flexibility index (Phi) is 6.43. The van der Waals surface area contributed by atoms with E-state index in [1.54, 1.807) is 0 Å². The highest BCUT2D eigenvalue weighted by atomic mass is 127. The van der Waals surface area contributed by atoms with Crippen LogP contribution in [0.3, 0.4) is 0 Å². The summed E-state index contributed by atoms with van der Waals surface area (Å²) in [7, 11) is 0. The van der Waals surface area contributed by atoms with Gasteiger partial charge in [-0.1, -0.05) is 68.0 Å². The van der Waals surface area contributed by atoms with Crippen LogP contribution in [-0.4, -0.2) is 4.43 Å². The van der Waals surface area contributed by atoms with Crippen LogP contribution in [0.4, 0.5) is 0 Å². The van der Waals surface area contributed by atoms with Crippen LogP contribution in [0.15, 0.2) is 0 Å². The van der Waals surface area contributed by atoms with E-state index in [9.17, 15) is 0 Å². The van der Waals surface area contributed by atoms with E-state index in [2.05, 4.69) is 29.5 Å². The second-order valence-electron chi connectivity index (χ2n) is 4.54. The molecule has 0 aromatic carbocycles. The number of hydrogen-bond donors (Lipinski definition) is 0. The van der Waals surface area contributed by atoms with Crippen LogP contribution in [0.1, 0.15) is 58.3 Å². The molecule has 1 saturated carbocycles. The molecule has 0 heterocycles. The van der Waals surface area contributed by atoms with Gasteiger partial charge in [-0.15, -0.1) is 0 Å². The summed E-state index contributed by atoms with van der Waals surface area (Å²) < 4.78 is 1.39. The summed E-state index contributed by atoms with van der Waals surface area (Å²) in [5, 5.41) is 0. The number of alkyl halides is 1. The minimum absolute atomic E-state index is 1.06. The van der Waals surface area contributed by atoms with E-state index >= 15 is 0 Å².